The van der Waals surface area contributed by atoms with Crippen LogP contribution < -0.4 is 5.32 Å². The summed E-state index contributed by atoms with van der Waals surface area (Å²) in [5.74, 6) is -0.692. The molecule has 18 heavy (non-hydrogen) atoms. The summed E-state index contributed by atoms with van der Waals surface area (Å²) >= 11 is 1.94. The number of carboxylic acid groups (broad SMARTS) is 1. The molecule has 4 nitrogen and oxygen atoms in total. The van der Waals surface area contributed by atoms with Crippen molar-refractivity contribution < 1.29 is 14.6 Å². The molecule has 0 radical (unpaired) electrons. The molecule has 0 aromatic rings. The fraction of sp³-hybridized carbons (Fsp3) is 0.923. The molecular formula is C13H23NO3S. The molecule has 0 aromatic heterocycles. The second kappa shape index (κ2) is 5.80. The van der Waals surface area contributed by atoms with Gasteiger partial charge >= 0.3 is 5.97 Å². The number of thioether (sulfide) groups is 1. The van der Waals surface area contributed by atoms with Crippen LogP contribution in [-0.2, 0) is 9.53 Å². The number of hydrogen-bond donors (Lipinski definition) is 2. The SMILES string of the molecule is CCNC1(C(=O)O)CCC(SC2CCOC2C)C1. The minimum absolute atomic E-state index is 0.314. The molecular weight excluding hydrogens is 250 g/mol. The highest BCUT2D eigenvalue weighted by molar-refractivity contribution is 8.00. The van der Waals surface area contributed by atoms with E-state index in [4.69, 9.17) is 4.74 Å². The lowest BCUT2D eigenvalue weighted by atomic mass is 9.98. The van der Waals surface area contributed by atoms with Crippen molar-refractivity contribution in [3.63, 3.8) is 0 Å². The lowest BCUT2D eigenvalue weighted by Gasteiger charge is -2.26. The molecule has 2 rings (SSSR count). The third kappa shape index (κ3) is 2.83. The second-order valence-electron chi connectivity index (χ2n) is 5.32. The highest BCUT2D eigenvalue weighted by Crippen LogP contribution is 2.41. The van der Waals surface area contributed by atoms with Crippen molar-refractivity contribution in [2.75, 3.05) is 13.2 Å². The summed E-state index contributed by atoms with van der Waals surface area (Å²) in [6.07, 6.45) is 3.89. The van der Waals surface area contributed by atoms with E-state index in [-0.39, 0.29) is 0 Å². The first-order valence-electron chi connectivity index (χ1n) is 6.83. The van der Waals surface area contributed by atoms with Gasteiger partial charge in [-0.15, -0.1) is 0 Å². The predicted octanol–water partition coefficient (Wildman–Crippen LogP) is 1.88. The van der Waals surface area contributed by atoms with Crippen LogP contribution in [-0.4, -0.2) is 46.4 Å². The largest absolute Gasteiger partial charge is 0.480 e. The molecule has 0 bridgehead atoms. The van der Waals surface area contributed by atoms with Gasteiger partial charge in [0.05, 0.1) is 6.10 Å². The van der Waals surface area contributed by atoms with Crippen molar-refractivity contribution in [3.8, 4) is 0 Å². The predicted molar refractivity (Wildman–Crippen MR) is 73.1 cm³/mol. The van der Waals surface area contributed by atoms with Crippen molar-refractivity contribution in [1.82, 2.24) is 5.32 Å². The van der Waals surface area contributed by atoms with E-state index in [9.17, 15) is 9.90 Å². The van der Waals surface area contributed by atoms with Gasteiger partial charge in [-0.1, -0.05) is 6.92 Å². The zero-order valence-electron chi connectivity index (χ0n) is 11.1. The summed E-state index contributed by atoms with van der Waals surface area (Å²) in [5.41, 5.74) is -0.685. The van der Waals surface area contributed by atoms with Crippen LogP contribution in [0.25, 0.3) is 0 Å². The van der Waals surface area contributed by atoms with Crippen LogP contribution in [0.3, 0.4) is 0 Å². The van der Waals surface area contributed by atoms with Gasteiger partial charge in [-0.05, 0) is 39.2 Å². The van der Waals surface area contributed by atoms with Crippen molar-refractivity contribution in [1.29, 1.82) is 0 Å². The maximum absolute atomic E-state index is 11.5. The smallest absolute Gasteiger partial charge is 0.323 e. The third-order valence-corrected chi connectivity index (χ3v) is 5.82. The Kier molecular flexibility index (Phi) is 4.56. The van der Waals surface area contributed by atoms with E-state index in [1.807, 2.05) is 18.7 Å². The quantitative estimate of drug-likeness (QED) is 0.801. The Morgan fingerprint density at radius 2 is 2.33 bits per heavy atom. The third-order valence-electron chi connectivity index (χ3n) is 4.07. The average Bonchev–Trinajstić information content (AvgIpc) is 2.89. The molecule has 4 atom stereocenters. The van der Waals surface area contributed by atoms with E-state index in [0.717, 1.165) is 32.3 Å². The molecule has 4 unspecified atom stereocenters. The van der Waals surface area contributed by atoms with Crippen LogP contribution >= 0.6 is 11.8 Å². The maximum Gasteiger partial charge on any atom is 0.323 e. The molecule has 1 aliphatic heterocycles. The van der Waals surface area contributed by atoms with Crippen molar-refractivity contribution in [2.24, 2.45) is 0 Å². The van der Waals surface area contributed by atoms with Crippen molar-refractivity contribution >= 4 is 17.7 Å². The number of carbonyl (C=O) groups is 1. The number of aliphatic carboxylic acids is 1. The Hall–Kier alpha value is -0.260. The molecule has 104 valence electrons. The van der Waals surface area contributed by atoms with Gasteiger partial charge < -0.3 is 15.2 Å². The summed E-state index contributed by atoms with van der Waals surface area (Å²) in [5, 5.41) is 13.6. The molecule has 5 heteroatoms. The van der Waals surface area contributed by atoms with Crippen molar-refractivity contribution in [3.05, 3.63) is 0 Å². The fourth-order valence-electron chi connectivity index (χ4n) is 3.02. The van der Waals surface area contributed by atoms with E-state index in [2.05, 4.69) is 12.2 Å². The van der Waals surface area contributed by atoms with E-state index in [1.165, 1.54) is 0 Å². The highest BCUT2D eigenvalue weighted by atomic mass is 32.2. The van der Waals surface area contributed by atoms with Gasteiger partial charge in [-0.25, -0.2) is 0 Å². The van der Waals surface area contributed by atoms with Gasteiger partial charge in [0, 0.05) is 17.1 Å². The fourth-order valence-corrected chi connectivity index (χ4v) is 4.68. The number of likely N-dealkylation sites (N-methyl/N-ethyl adjacent to an activating group) is 1. The Morgan fingerprint density at radius 3 is 2.89 bits per heavy atom. The number of hydrogen-bond acceptors (Lipinski definition) is 4. The summed E-state index contributed by atoms with van der Waals surface area (Å²) in [6, 6.07) is 0. The van der Waals surface area contributed by atoms with Crippen LogP contribution in [0.4, 0.5) is 0 Å². The average molecular weight is 273 g/mol. The van der Waals surface area contributed by atoms with E-state index >= 15 is 0 Å². The van der Waals surface area contributed by atoms with Crippen LogP contribution in [0.15, 0.2) is 0 Å². The minimum Gasteiger partial charge on any atom is -0.480 e. The summed E-state index contributed by atoms with van der Waals surface area (Å²) in [7, 11) is 0. The molecule has 2 fully saturated rings. The van der Waals surface area contributed by atoms with Crippen LogP contribution in [0.2, 0.25) is 0 Å². The van der Waals surface area contributed by atoms with E-state index < -0.39 is 11.5 Å². The molecule has 2 aliphatic rings. The molecule has 1 saturated heterocycles. The Morgan fingerprint density at radius 1 is 1.56 bits per heavy atom. The van der Waals surface area contributed by atoms with Gasteiger partial charge in [0.1, 0.15) is 5.54 Å². The molecule has 2 N–H and O–H groups in total. The lowest BCUT2D eigenvalue weighted by molar-refractivity contribution is -0.144. The van der Waals surface area contributed by atoms with Crippen LogP contribution in [0.5, 0.6) is 0 Å². The lowest BCUT2D eigenvalue weighted by Crippen LogP contribution is -2.50. The topological polar surface area (TPSA) is 58.6 Å². The van der Waals surface area contributed by atoms with Gasteiger partial charge in [0.15, 0.2) is 0 Å². The number of rotatable bonds is 5. The van der Waals surface area contributed by atoms with Gasteiger partial charge in [0.25, 0.3) is 0 Å². The molecule has 1 saturated carbocycles. The molecule has 0 aromatic carbocycles. The maximum atomic E-state index is 11.5. The normalized spacial score (nSPS) is 40.2. The van der Waals surface area contributed by atoms with Gasteiger partial charge in [-0.3, -0.25) is 4.79 Å². The number of carboxylic acids is 1. The Bertz CT molecular complexity index is 313. The first-order valence-corrected chi connectivity index (χ1v) is 7.77. The Balaban J connectivity index is 1.92. The summed E-state index contributed by atoms with van der Waals surface area (Å²) in [4.78, 5) is 11.5. The second-order valence-corrected chi connectivity index (χ2v) is 6.87. The van der Waals surface area contributed by atoms with Crippen molar-refractivity contribution in [2.45, 2.75) is 61.7 Å². The zero-order chi connectivity index (χ0) is 13.2. The van der Waals surface area contributed by atoms with Crippen LogP contribution in [0.1, 0.15) is 39.5 Å². The molecule has 0 amide bonds. The monoisotopic (exact) mass is 273 g/mol. The summed E-state index contributed by atoms with van der Waals surface area (Å²) in [6.45, 7) is 5.65. The van der Waals surface area contributed by atoms with E-state index in [1.54, 1.807) is 0 Å². The highest BCUT2D eigenvalue weighted by Gasteiger charge is 2.46. The molecule has 1 aliphatic carbocycles. The zero-order valence-corrected chi connectivity index (χ0v) is 12.0. The van der Waals surface area contributed by atoms with E-state index in [0.29, 0.717) is 23.1 Å². The number of nitrogens with one attached hydrogen (secondary N) is 1. The van der Waals surface area contributed by atoms with Gasteiger partial charge in [-0.2, -0.15) is 11.8 Å². The first kappa shape index (κ1) is 14.2. The minimum atomic E-state index is -0.692. The summed E-state index contributed by atoms with van der Waals surface area (Å²) < 4.78 is 5.57. The standard InChI is InChI=1S/C13H23NO3S/c1-3-14-13(12(15)16)6-4-10(8-13)18-11-5-7-17-9(11)2/h9-11,14H,3-8H2,1-2H3,(H,15,16). The van der Waals surface area contributed by atoms with Crippen LogP contribution in [0, 0.1) is 0 Å². The molecule has 0 spiro atoms. The first-order chi connectivity index (χ1) is 8.57. The Labute approximate surface area is 113 Å². The molecule has 1 heterocycles. The van der Waals surface area contributed by atoms with Gasteiger partial charge in [0.2, 0.25) is 0 Å². The number of ether oxygens (including phenoxy) is 1.